The molecule has 2 aliphatic heterocycles. The summed E-state index contributed by atoms with van der Waals surface area (Å²) in [6.45, 7) is 3.00. The highest BCUT2D eigenvalue weighted by Gasteiger charge is 2.51. The smallest absolute Gasteiger partial charge is 0.229 e. The number of halogens is 2. The maximum absolute atomic E-state index is 13.5. The van der Waals surface area contributed by atoms with Crippen LogP contribution in [0, 0.1) is 23.0 Å². The van der Waals surface area contributed by atoms with E-state index in [0.717, 1.165) is 31.3 Å². The van der Waals surface area contributed by atoms with Crippen molar-refractivity contribution in [1.82, 2.24) is 16.0 Å². The molecule has 24 heavy (non-hydrogen) atoms. The fourth-order valence-corrected chi connectivity index (χ4v) is 3.37. The van der Waals surface area contributed by atoms with Gasteiger partial charge >= 0.3 is 0 Å². The second-order valence-electron chi connectivity index (χ2n) is 6.29. The lowest BCUT2D eigenvalue weighted by Crippen LogP contribution is -2.47. The summed E-state index contributed by atoms with van der Waals surface area (Å²) in [5.41, 5.74) is -0.657. The summed E-state index contributed by atoms with van der Waals surface area (Å²) in [4.78, 5) is 24.3. The van der Waals surface area contributed by atoms with E-state index in [1.807, 2.05) is 0 Å². The van der Waals surface area contributed by atoms with E-state index in [1.54, 1.807) is 0 Å². The van der Waals surface area contributed by atoms with Gasteiger partial charge in [0.1, 0.15) is 11.6 Å². The molecule has 1 aromatic rings. The summed E-state index contributed by atoms with van der Waals surface area (Å²) in [7, 11) is 0. The van der Waals surface area contributed by atoms with Crippen molar-refractivity contribution >= 4 is 17.5 Å². The highest BCUT2D eigenvalue weighted by Crippen LogP contribution is 2.34. The van der Waals surface area contributed by atoms with Crippen LogP contribution in [0.1, 0.15) is 6.42 Å². The highest BCUT2D eigenvalue weighted by molar-refractivity contribution is 5.91. The average Bonchev–Trinajstić information content (AvgIpc) is 3.11. The van der Waals surface area contributed by atoms with Crippen LogP contribution in [0.5, 0.6) is 0 Å². The molecule has 3 rings (SSSR count). The van der Waals surface area contributed by atoms with Gasteiger partial charge in [-0.05, 0) is 12.1 Å². The summed E-state index contributed by atoms with van der Waals surface area (Å²) >= 11 is 0. The lowest BCUT2D eigenvalue weighted by molar-refractivity contribution is -0.130. The third kappa shape index (κ3) is 3.25. The molecule has 0 atom stereocenters. The Morgan fingerprint density at radius 3 is 2.62 bits per heavy atom. The summed E-state index contributed by atoms with van der Waals surface area (Å²) in [5.74, 6) is -1.64. The van der Waals surface area contributed by atoms with E-state index < -0.39 is 23.0 Å². The predicted molar refractivity (Wildman–Crippen MR) is 84.3 cm³/mol. The standard InChI is InChI=1S/C16H20F2N4O2/c17-11-1-2-12(18)13(5-11)22-14(23)3-4-21-15(24)16-8-19-6-10(16)7-20-9-16/h1-2,5,10,19-20H,3-4,6-9H2,(H,21,24)(H,22,23). The molecule has 0 aliphatic carbocycles. The van der Waals surface area contributed by atoms with Gasteiger partial charge in [-0.2, -0.15) is 0 Å². The van der Waals surface area contributed by atoms with Crippen LogP contribution in [-0.4, -0.2) is 44.5 Å². The largest absolute Gasteiger partial charge is 0.355 e. The van der Waals surface area contributed by atoms with E-state index in [2.05, 4.69) is 21.3 Å². The molecule has 0 bridgehead atoms. The monoisotopic (exact) mass is 338 g/mol. The maximum atomic E-state index is 13.5. The molecule has 8 heteroatoms. The van der Waals surface area contributed by atoms with Crippen LogP contribution >= 0.6 is 0 Å². The van der Waals surface area contributed by atoms with E-state index in [0.29, 0.717) is 13.1 Å². The van der Waals surface area contributed by atoms with E-state index in [4.69, 9.17) is 0 Å². The van der Waals surface area contributed by atoms with Crippen LogP contribution in [-0.2, 0) is 9.59 Å². The number of hydrogen-bond acceptors (Lipinski definition) is 4. The SMILES string of the molecule is O=C(CCNC(=O)C12CNCC1CNC2)Nc1cc(F)ccc1F. The van der Waals surface area contributed by atoms with E-state index >= 15 is 0 Å². The quantitative estimate of drug-likeness (QED) is 0.619. The fraction of sp³-hybridized carbons (Fsp3) is 0.500. The minimum absolute atomic E-state index is 0.0106. The van der Waals surface area contributed by atoms with E-state index in [1.165, 1.54) is 0 Å². The van der Waals surface area contributed by atoms with Crippen molar-refractivity contribution in [1.29, 1.82) is 0 Å². The van der Waals surface area contributed by atoms with Gasteiger partial charge in [0.25, 0.3) is 0 Å². The number of hydrogen-bond donors (Lipinski definition) is 4. The Hall–Kier alpha value is -2.06. The molecule has 0 saturated carbocycles. The second kappa shape index (κ2) is 6.82. The second-order valence-corrected chi connectivity index (χ2v) is 6.29. The third-order valence-electron chi connectivity index (χ3n) is 4.74. The van der Waals surface area contributed by atoms with Gasteiger partial charge in [-0.1, -0.05) is 0 Å². The number of fused-ring (bicyclic) bond motifs is 1. The zero-order valence-electron chi connectivity index (χ0n) is 13.1. The van der Waals surface area contributed by atoms with E-state index in [9.17, 15) is 18.4 Å². The van der Waals surface area contributed by atoms with Gasteiger partial charge in [0.2, 0.25) is 11.8 Å². The minimum Gasteiger partial charge on any atom is -0.355 e. The molecule has 2 fully saturated rings. The fourth-order valence-electron chi connectivity index (χ4n) is 3.37. The number of nitrogens with one attached hydrogen (secondary N) is 4. The summed E-state index contributed by atoms with van der Waals surface area (Å²) in [6, 6.07) is 2.85. The van der Waals surface area contributed by atoms with Crippen LogP contribution in [0.2, 0.25) is 0 Å². The molecule has 1 aromatic carbocycles. The number of carbonyl (C=O) groups excluding carboxylic acids is 2. The van der Waals surface area contributed by atoms with Crippen LogP contribution < -0.4 is 21.3 Å². The van der Waals surface area contributed by atoms with Crippen molar-refractivity contribution in [3.63, 3.8) is 0 Å². The van der Waals surface area contributed by atoms with Gasteiger partial charge in [0.05, 0.1) is 11.1 Å². The Kier molecular flexibility index (Phi) is 4.77. The van der Waals surface area contributed by atoms with Gasteiger partial charge in [-0.15, -0.1) is 0 Å². The lowest BCUT2D eigenvalue weighted by Gasteiger charge is -2.25. The molecule has 4 N–H and O–H groups in total. The Morgan fingerprint density at radius 1 is 1.21 bits per heavy atom. The van der Waals surface area contributed by atoms with Crippen molar-refractivity contribution in [2.24, 2.45) is 11.3 Å². The molecular weight excluding hydrogens is 318 g/mol. The topological polar surface area (TPSA) is 82.3 Å². The van der Waals surface area contributed by atoms with Gasteiger partial charge in [-0.3, -0.25) is 9.59 Å². The van der Waals surface area contributed by atoms with Crippen LogP contribution in [0.25, 0.3) is 0 Å². The number of rotatable bonds is 5. The third-order valence-corrected chi connectivity index (χ3v) is 4.74. The van der Waals surface area contributed by atoms with Gasteiger partial charge in [0, 0.05) is 51.1 Å². The number of carbonyl (C=O) groups is 2. The zero-order chi connectivity index (χ0) is 17.2. The summed E-state index contributed by atoms with van der Waals surface area (Å²) in [6.07, 6.45) is -0.0106. The molecular formula is C16H20F2N4O2. The number of anilines is 1. The molecule has 0 unspecified atom stereocenters. The summed E-state index contributed by atoms with van der Waals surface area (Å²) in [5, 5.41) is 11.6. The minimum atomic E-state index is -0.704. The van der Waals surface area contributed by atoms with Gasteiger partial charge < -0.3 is 21.3 Å². The Bertz CT molecular complexity index is 643. The normalized spacial score (nSPS) is 25.3. The molecule has 0 spiro atoms. The first kappa shape index (κ1) is 16.8. The molecule has 6 nitrogen and oxygen atoms in total. The predicted octanol–water partition coefficient (Wildman–Crippen LogP) is 0.219. The van der Waals surface area contributed by atoms with Crippen molar-refractivity contribution in [3.8, 4) is 0 Å². The number of benzene rings is 1. The Balaban J connectivity index is 1.48. The summed E-state index contributed by atoms with van der Waals surface area (Å²) < 4.78 is 26.5. The van der Waals surface area contributed by atoms with Crippen molar-refractivity contribution in [2.45, 2.75) is 6.42 Å². The first-order valence-corrected chi connectivity index (χ1v) is 7.96. The first-order chi connectivity index (χ1) is 11.5. The maximum Gasteiger partial charge on any atom is 0.229 e. The molecule has 2 heterocycles. The molecule has 130 valence electrons. The lowest BCUT2D eigenvalue weighted by atomic mass is 9.80. The van der Waals surface area contributed by atoms with Crippen LogP contribution in [0.4, 0.5) is 14.5 Å². The molecule has 0 aromatic heterocycles. The van der Waals surface area contributed by atoms with Crippen molar-refractivity contribution in [3.05, 3.63) is 29.8 Å². The molecule has 0 radical (unpaired) electrons. The first-order valence-electron chi connectivity index (χ1n) is 7.96. The van der Waals surface area contributed by atoms with Gasteiger partial charge in [-0.25, -0.2) is 8.78 Å². The molecule has 2 aliphatic rings. The highest BCUT2D eigenvalue weighted by atomic mass is 19.1. The van der Waals surface area contributed by atoms with Crippen LogP contribution in [0.3, 0.4) is 0 Å². The zero-order valence-corrected chi connectivity index (χ0v) is 13.1. The Labute approximate surface area is 138 Å². The van der Waals surface area contributed by atoms with E-state index in [-0.39, 0.29) is 30.5 Å². The van der Waals surface area contributed by atoms with Crippen molar-refractivity contribution in [2.75, 3.05) is 38.0 Å². The molecule has 2 amide bonds. The van der Waals surface area contributed by atoms with Crippen LogP contribution in [0.15, 0.2) is 18.2 Å². The van der Waals surface area contributed by atoms with Crippen molar-refractivity contribution < 1.29 is 18.4 Å². The molecule has 2 saturated heterocycles. The van der Waals surface area contributed by atoms with Gasteiger partial charge in [0.15, 0.2) is 0 Å². The average molecular weight is 338 g/mol. The Morgan fingerprint density at radius 2 is 1.92 bits per heavy atom. The number of amides is 2.